The fourth-order valence-corrected chi connectivity index (χ4v) is 2.33. The first-order valence-corrected chi connectivity index (χ1v) is 6.33. The van der Waals surface area contributed by atoms with Gasteiger partial charge in [-0.1, -0.05) is 0 Å². The highest BCUT2D eigenvalue weighted by Gasteiger charge is 2.09. The van der Waals surface area contributed by atoms with E-state index in [0.29, 0.717) is 12.0 Å². The van der Waals surface area contributed by atoms with Crippen molar-refractivity contribution in [2.45, 2.75) is 6.42 Å². The van der Waals surface area contributed by atoms with Crippen molar-refractivity contribution in [1.82, 2.24) is 15.0 Å². The molecular weight excluding hydrogens is 246 g/mol. The molecule has 2 aromatic heterocycles. The predicted octanol–water partition coefficient (Wildman–Crippen LogP) is 2.51. The normalized spacial score (nSPS) is 10.7. The van der Waals surface area contributed by atoms with E-state index in [1.54, 1.807) is 30.7 Å². The topological polar surface area (TPSA) is 55.7 Å². The summed E-state index contributed by atoms with van der Waals surface area (Å²) in [6.45, 7) is 0. The van der Waals surface area contributed by atoms with Crippen molar-refractivity contribution in [1.29, 1.82) is 0 Å². The molecule has 0 amide bonds. The first kappa shape index (κ1) is 11.0. The summed E-state index contributed by atoms with van der Waals surface area (Å²) in [5, 5.41) is 2.70. The fraction of sp³-hybridized carbons (Fsp3) is 0.0769. The zero-order valence-electron chi connectivity index (χ0n) is 9.41. The Morgan fingerprint density at radius 2 is 1.89 bits per heavy atom. The Hall–Kier alpha value is -2.14. The van der Waals surface area contributed by atoms with Gasteiger partial charge in [-0.2, -0.15) is 0 Å². The van der Waals surface area contributed by atoms with E-state index in [-0.39, 0.29) is 5.78 Å². The molecule has 4 nitrogen and oxygen atoms in total. The van der Waals surface area contributed by atoms with Crippen LogP contribution in [-0.4, -0.2) is 20.7 Å². The number of ketones is 1. The molecule has 0 N–H and O–H groups in total. The largest absolute Gasteiger partial charge is 0.294 e. The van der Waals surface area contributed by atoms with Crippen LogP contribution in [-0.2, 0) is 6.42 Å². The van der Waals surface area contributed by atoms with Crippen LogP contribution < -0.4 is 0 Å². The van der Waals surface area contributed by atoms with Crippen molar-refractivity contribution >= 4 is 28.2 Å². The standard InChI is InChI=1S/C13H9N3OS/c17-12(8-13-16-5-6-18-13)9-1-2-10-11(7-9)15-4-3-14-10/h1-7H,8H2. The number of carbonyl (C=O) groups is 1. The summed E-state index contributed by atoms with van der Waals surface area (Å²) in [4.78, 5) is 24.6. The molecule has 2 heterocycles. The lowest BCUT2D eigenvalue weighted by Crippen LogP contribution is -2.03. The Labute approximate surface area is 107 Å². The summed E-state index contributed by atoms with van der Waals surface area (Å²) in [5.41, 5.74) is 2.18. The van der Waals surface area contributed by atoms with Gasteiger partial charge in [0, 0.05) is 29.5 Å². The van der Waals surface area contributed by atoms with E-state index in [4.69, 9.17) is 0 Å². The van der Waals surface area contributed by atoms with E-state index in [1.807, 2.05) is 11.4 Å². The Bertz CT molecular complexity index is 694. The van der Waals surface area contributed by atoms with Crippen LogP contribution >= 0.6 is 11.3 Å². The highest BCUT2D eigenvalue weighted by Crippen LogP contribution is 2.14. The third kappa shape index (κ3) is 2.12. The molecule has 3 rings (SSSR count). The van der Waals surface area contributed by atoms with Crippen LogP contribution in [0, 0.1) is 0 Å². The zero-order chi connectivity index (χ0) is 12.4. The molecule has 5 heteroatoms. The highest BCUT2D eigenvalue weighted by atomic mass is 32.1. The summed E-state index contributed by atoms with van der Waals surface area (Å²) in [7, 11) is 0. The molecule has 0 unspecified atom stereocenters. The van der Waals surface area contributed by atoms with Gasteiger partial charge in [0.25, 0.3) is 0 Å². The number of nitrogens with zero attached hydrogens (tertiary/aromatic N) is 3. The third-order valence-corrected chi connectivity index (χ3v) is 3.37. The van der Waals surface area contributed by atoms with Crippen molar-refractivity contribution < 1.29 is 4.79 Å². The lowest BCUT2D eigenvalue weighted by molar-refractivity contribution is 0.0993. The molecule has 0 aliphatic heterocycles. The average molecular weight is 255 g/mol. The van der Waals surface area contributed by atoms with Crippen molar-refractivity contribution in [3.63, 3.8) is 0 Å². The van der Waals surface area contributed by atoms with E-state index in [1.165, 1.54) is 11.3 Å². The number of hydrogen-bond donors (Lipinski definition) is 0. The van der Waals surface area contributed by atoms with Gasteiger partial charge < -0.3 is 0 Å². The zero-order valence-corrected chi connectivity index (χ0v) is 10.2. The van der Waals surface area contributed by atoms with Gasteiger partial charge in [-0.15, -0.1) is 11.3 Å². The minimum absolute atomic E-state index is 0.0532. The molecule has 3 aromatic rings. The molecule has 0 saturated carbocycles. The minimum atomic E-state index is 0.0532. The minimum Gasteiger partial charge on any atom is -0.294 e. The van der Waals surface area contributed by atoms with Crippen LogP contribution in [0.15, 0.2) is 42.2 Å². The Balaban J connectivity index is 1.92. The van der Waals surface area contributed by atoms with E-state index >= 15 is 0 Å². The van der Waals surface area contributed by atoms with Gasteiger partial charge in [0.15, 0.2) is 5.78 Å². The number of carbonyl (C=O) groups excluding carboxylic acids is 1. The Morgan fingerprint density at radius 3 is 2.67 bits per heavy atom. The van der Waals surface area contributed by atoms with E-state index in [2.05, 4.69) is 15.0 Å². The molecule has 88 valence electrons. The molecule has 18 heavy (non-hydrogen) atoms. The van der Waals surface area contributed by atoms with Gasteiger partial charge in [0.2, 0.25) is 0 Å². The Morgan fingerprint density at radius 1 is 1.06 bits per heavy atom. The number of hydrogen-bond acceptors (Lipinski definition) is 5. The van der Waals surface area contributed by atoms with Crippen LogP contribution in [0.25, 0.3) is 11.0 Å². The summed E-state index contributed by atoms with van der Waals surface area (Å²) in [6.07, 6.45) is 5.30. The summed E-state index contributed by atoms with van der Waals surface area (Å²) in [6, 6.07) is 5.38. The van der Waals surface area contributed by atoms with E-state index in [9.17, 15) is 4.79 Å². The second kappa shape index (κ2) is 4.62. The predicted molar refractivity (Wildman–Crippen MR) is 69.7 cm³/mol. The lowest BCUT2D eigenvalue weighted by Gasteiger charge is -2.00. The second-order valence-corrected chi connectivity index (χ2v) is 4.76. The van der Waals surface area contributed by atoms with Crippen molar-refractivity contribution in [2.75, 3.05) is 0 Å². The molecule has 0 saturated heterocycles. The van der Waals surface area contributed by atoms with Crippen LogP contribution in [0.4, 0.5) is 0 Å². The third-order valence-electron chi connectivity index (χ3n) is 2.59. The smallest absolute Gasteiger partial charge is 0.169 e. The van der Waals surface area contributed by atoms with Gasteiger partial charge in [0.1, 0.15) is 5.01 Å². The number of thiazole rings is 1. The summed E-state index contributed by atoms with van der Waals surface area (Å²) < 4.78 is 0. The number of Topliss-reactive ketones (excluding diaryl/α,β-unsaturated/α-hetero) is 1. The highest BCUT2D eigenvalue weighted by molar-refractivity contribution is 7.09. The van der Waals surface area contributed by atoms with Gasteiger partial charge in [-0.25, -0.2) is 4.98 Å². The van der Waals surface area contributed by atoms with Crippen molar-refractivity contribution in [3.8, 4) is 0 Å². The summed E-state index contributed by atoms with van der Waals surface area (Å²) in [5.74, 6) is 0.0532. The lowest BCUT2D eigenvalue weighted by atomic mass is 10.1. The molecule has 0 spiro atoms. The van der Waals surface area contributed by atoms with Gasteiger partial charge in [0.05, 0.1) is 17.5 Å². The van der Waals surface area contributed by atoms with E-state index < -0.39 is 0 Å². The summed E-state index contributed by atoms with van der Waals surface area (Å²) >= 11 is 1.49. The number of aromatic nitrogens is 3. The van der Waals surface area contributed by atoms with E-state index in [0.717, 1.165) is 16.0 Å². The first-order chi connectivity index (χ1) is 8.83. The van der Waals surface area contributed by atoms with Crippen molar-refractivity contribution in [2.24, 2.45) is 0 Å². The fourth-order valence-electron chi connectivity index (χ4n) is 1.72. The maximum Gasteiger partial charge on any atom is 0.169 e. The first-order valence-electron chi connectivity index (χ1n) is 5.45. The van der Waals surface area contributed by atoms with Crippen LogP contribution in [0.3, 0.4) is 0 Å². The van der Waals surface area contributed by atoms with Crippen molar-refractivity contribution in [3.05, 3.63) is 52.7 Å². The molecule has 0 radical (unpaired) electrons. The van der Waals surface area contributed by atoms with Gasteiger partial charge in [-0.3, -0.25) is 14.8 Å². The molecule has 0 aliphatic carbocycles. The molecule has 0 aliphatic rings. The quantitative estimate of drug-likeness (QED) is 0.675. The van der Waals surface area contributed by atoms with Crippen LogP contribution in [0.2, 0.25) is 0 Å². The van der Waals surface area contributed by atoms with Crippen LogP contribution in [0.1, 0.15) is 15.4 Å². The maximum absolute atomic E-state index is 12.1. The number of rotatable bonds is 3. The second-order valence-electron chi connectivity index (χ2n) is 3.79. The van der Waals surface area contributed by atoms with Crippen LogP contribution in [0.5, 0.6) is 0 Å². The number of benzene rings is 1. The molecule has 0 bridgehead atoms. The number of fused-ring (bicyclic) bond motifs is 1. The van der Waals surface area contributed by atoms with Gasteiger partial charge in [-0.05, 0) is 18.2 Å². The molecule has 0 fully saturated rings. The molecule has 1 aromatic carbocycles. The monoisotopic (exact) mass is 255 g/mol. The maximum atomic E-state index is 12.1. The Kier molecular flexibility index (Phi) is 2.82. The van der Waals surface area contributed by atoms with Gasteiger partial charge >= 0.3 is 0 Å². The SMILES string of the molecule is O=C(Cc1nccs1)c1ccc2nccnc2c1. The molecule has 0 atom stereocenters. The average Bonchev–Trinajstić information content (AvgIpc) is 2.91. The molecular formula is C13H9N3OS.